The van der Waals surface area contributed by atoms with Crippen molar-refractivity contribution in [2.24, 2.45) is 0 Å². The molecule has 0 saturated heterocycles. The van der Waals surface area contributed by atoms with E-state index in [-0.39, 0.29) is 11.3 Å². The van der Waals surface area contributed by atoms with Crippen LogP contribution in [0.1, 0.15) is 15.9 Å². The molecule has 3 aromatic rings. The van der Waals surface area contributed by atoms with E-state index >= 15 is 0 Å². The number of hydrogen-bond acceptors (Lipinski definition) is 4. The van der Waals surface area contributed by atoms with Crippen LogP contribution in [-0.4, -0.2) is 36.9 Å². The van der Waals surface area contributed by atoms with Gasteiger partial charge in [0.25, 0.3) is 5.91 Å². The number of aromatic nitrogens is 2. The molecule has 0 spiro atoms. The molecule has 1 N–H and O–H groups in total. The molecule has 1 aromatic heterocycles. The van der Waals surface area contributed by atoms with Crippen molar-refractivity contribution in [1.82, 2.24) is 9.78 Å². The SMILES string of the molecule is COc1ccc(C(=O)Nc2ccnn2Cc2ccc(N(C)C)cc2)cc1F. The van der Waals surface area contributed by atoms with Gasteiger partial charge in [0.2, 0.25) is 0 Å². The van der Waals surface area contributed by atoms with Gasteiger partial charge in [0.15, 0.2) is 11.6 Å². The Hall–Kier alpha value is -3.35. The molecule has 2 aromatic carbocycles. The highest BCUT2D eigenvalue weighted by molar-refractivity contribution is 6.03. The Balaban J connectivity index is 1.73. The Bertz CT molecular complexity index is 935. The number of hydrogen-bond donors (Lipinski definition) is 1. The summed E-state index contributed by atoms with van der Waals surface area (Å²) in [4.78, 5) is 14.4. The van der Waals surface area contributed by atoms with E-state index in [4.69, 9.17) is 4.74 Å². The highest BCUT2D eigenvalue weighted by Gasteiger charge is 2.13. The lowest BCUT2D eigenvalue weighted by Gasteiger charge is -2.13. The molecule has 0 aliphatic rings. The molecule has 140 valence electrons. The summed E-state index contributed by atoms with van der Waals surface area (Å²) in [5, 5.41) is 7.03. The second kappa shape index (κ2) is 7.90. The van der Waals surface area contributed by atoms with E-state index in [0.29, 0.717) is 12.4 Å². The summed E-state index contributed by atoms with van der Waals surface area (Å²) in [5.41, 5.74) is 2.36. The number of anilines is 2. The van der Waals surface area contributed by atoms with Crippen molar-refractivity contribution in [2.75, 3.05) is 31.4 Å². The van der Waals surface area contributed by atoms with Crippen LogP contribution >= 0.6 is 0 Å². The number of rotatable bonds is 6. The van der Waals surface area contributed by atoms with E-state index < -0.39 is 11.7 Å². The van der Waals surface area contributed by atoms with Gasteiger partial charge in [0.05, 0.1) is 19.9 Å². The van der Waals surface area contributed by atoms with Crippen LogP contribution in [0.5, 0.6) is 5.75 Å². The molecule has 1 amide bonds. The fourth-order valence-electron chi connectivity index (χ4n) is 2.63. The first-order valence-electron chi connectivity index (χ1n) is 8.41. The Morgan fingerprint density at radius 1 is 1.19 bits per heavy atom. The smallest absolute Gasteiger partial charge is 0.256 e. The van der Waals surface area contributed by atoms with Crippen molar-refractivity contribution in [3.8, 4) is 5.75 Å². The van der Waals surface area contributed by atoms with E-state index in [1.807, 2.05) is 43.3 Å². The number of amides is 1. The van der Waals surface area contributed by atoms with Gasteiger partial charge in [-0.1, -0.05) is 12.1 Å². The summed E-state index contributed by atoms with van der Waals surface area (Å²) in [6.45, 7) is 0.507. The van der Waals surface area contributed by atoms with Gasteiger partial charge >= 0.3 is 0 Å². The zero-order valence-electron chi connectivity index (χ0n) is 15.4. The predicted octanol–water partition coefficient (Wildman–Crippen LogP) is 3.40. The van der Waals surface area contributed by atoms with Crippen molar-refractivity contribution >= 4 is 17.4 Å². The van der Waals surface area contributed by atoms with Gasteiger partial charge in [0.1, 0.15) is 5.82 Å². The molecule has 0 fully saturated rings. The Labute approximate surface area is 157 Å². The zero-order chi connectivity index (χ0) is 19.4. The third-order valence-corrected chi connectivity index (χ3v) is 4.16. The number of halogens is 1. The number of nitrogens with one attached hydrogen (secondary N) is 1. The maximum absolute atomic E-state index is 13.8. The monoisotopic (exact) mass is 368 g/mol. The molecule has 0 aliphatic carbocycles. The Kier molecular flexibility index (Phi) is 5.40. The fourth-order valence-corrected chi connectivity index (χ4v) is 2.63. The van der Waals surface area contributed by atoms with Crippen LogP contribution in [0, 0.1) is 5.82 Å². The third kappa shape index (κ3) is 4.25. The minimum atomic E-state index is -0.584. The largest absolute Gasteiger partial charge is 0.494 e. The molecule has 7 heteroatoms. The summed E-state index contributed by atoms with van der Waals surface area (Å²) in [6.07, 6.45) is 1.61. The van der Waals surface area contributed by atoms with E-state index in [0.717, 1.165) is 17.3 Å². The third-order valence-electron chi connectivity index (χ3n) is 4.16. The van der Waals surface area contributed by atoms with Gasteiger partial charge in [0, 0.05) is 31.4 Å². The molecular formula is C20H21FN4O2. The van der Waals surface area contributed by atoms with Crippen LogP contribution in [0.4, 0.5) is 15.9 Å². The number of carbonyl (C=O) groups is 1. The number of methoxy groups -OCH3 is 1. The fraction of sp³-hybridized carbons (Fsp3) is 0.200. The van der Waals surface area contributed by atoms with Crippen molar-refractivity contribution in [3.05, 3.63) is 71.7 Å². The predicted molar refractivity (Wildman–Crippen MR) is 103 cm³/mol. The number of ether oxygens (including phenoxy) is 1. The van der Waals surface area contributed by atoms with Crippen molar-refractivity contribution in [3.63, 3.8) is 0 Å². The lowest BCUT2D eigenvalue weighted by Crippen LogP contribution is -2.16. The summed E-state index contributed by atoms with van der Waals surface area (Å²) in [7, 11) is 5.35. The molecule has 0 radical (unpaired) electrons. The highest BCUT2D eigenvalue weighted by Crippen LogP contribution is 2.19. The standard InChI is InChI=1S/C20H21FN4O2/c1-24(2)16-7-4-14(5-8-16)13-25-19(10-11-22-25)23-20(26)15-6-9-18(27-3)17(21)12-15/h4-12H,13H2,1-3H3,(H,23,26). The lowest BCUT2D eigenvalue weighted by atomic mass is 10.2. The normalized spacial score (nSPS) is 10.5. The van der Waals surface area contributed by atoms with Crippen LogP contribution < -0.4 is 15.0 Å². The summed E-state index contributed by atoms with van der Waals surface area (Å²) >= 11 is 0. The van der Waals surface area contributed by atoms with Crippen LogP contribution in [-0.2, 0) is 6.54 Å². The zero-order valence-corrected chi connectivity index (χ0v) is 15.4. The number of carbonyl (C=O) groups excluding carboxylic acids is 1. The summed E-state index contributed by atoms with van der Waals surface area (Å²) in [5.74, 6) is -0.369. The van der Waals surface area contributed by atoms with Gasteiger partial charge in [-0.3, -0.25) is 4.79 Å². The molecule has 0 bridgehead atoms. The van der Waals surface area contributed by atoms with Crippen molar-refractivity contribution in [2.45, 2.75) is 6.54 Å². The first-order valence-corrected chi connectivity index (χ1v) is 8.41. The molecule has 0 aliphatic heterocycles. The lowest BCUT2D eigenvalue weighted by molar-refractivity contribution is 0.102. The van der Waals surface area contributed by atoms with E-state index in [9.17, 15) is 9.18 Å². The molecule has 1 heterocycles. The minimum absolute atomic E-state index is 0.0952. The number of nitrogens with zero attached hydrogens (tertiary/aromatic N) is 3. The van der Waals surface area contributed by atoms with E-state index in [1.165, 1.54) is 19.2 Å². The first-order chi connectivity index (χ1) is 13.0. The van der Waals surface area contributed by atoms with Crippen molar-refractivity contribution < 1.29 is 13.9 Å². The maximum atomic E-state index is 13.8. The highest BCUT2D eigenvalue weighted by atomic mass is 19.1. The summed E-state index contributed by atoms with van der Waals surface area (Å²) in [6, 6.07) is 13.9. The van der Waals surface area contributed by atoms with Gasteiger partial charge in [-0.2, -0.15) is 5.10 Å². The van der Waals surface area contributed by atoms with Gasteiger partial charge in [-0.05, 0) is 35.9 Å². The summed E-state index contributed by atoms with van der Waals surface area (Å²) < 4.78 is 20.4. The van der Waals surface area contributed by atoms with Crippen LogP contribution in [0.3, 0.4) is 0 Å². The van der Waals surface area contributed by atoms with E-state index in [2.05, 4.69) is 10.4 Å². The number of benzene rings is 2. The maximum Gasteiger partial charge on any atom is 0.256 e. The Morgan fingerprint density at radius 3 is 2.56 bits per heavy atom. The molecule has 3 rings (SSSR count). The minimum Gasteiger partial charge on any atom is -0.494 e. The quantitative estimate of drug-likeness (QED) is 0.725. The molecule has 27 heavy (non-hydrogen) atoms. The Morgan fingerprint density at radius 2 is 1.93 bits per heavy atom. The second-order valence-corrected chi connectivity index (χ2v) is 6.24. The molecular weight excluding hydrogens is 347 g/mol. The van der Waals surface area contributed by atoms with Gasteiger partial charge < -0.3 is 15.0 Å². The molecule has 6 nitrogen and oxygen atoms in total. The van der Waals surface area contributed by atoms with Crippen LogP contribution in [0.2, 0.25) is 0 Å². The van der Waals surface area contributed by atoms with Gasteiger partial charge in [-0.25, -0.2) is 9.07 Å². The van der Waals surface area contributed by atoms with E-state index in [1.54, 1.807) is 16.9 Å². The average molecular weight is 368 g/mol. The molecule has 0 saturated carbocycles. The van der Waals surface area contributed by atoms with Crippen LogP contribution in [0.25, 0.3) is 0 Å². The van der Waals surface area contributed by atoms with Gasteiger partial charge in [-0.15, -0.1) is 0 Å². The molecule has 0 atom stereocenters. The first kappa shape index (κ1) is 18.4. The average Bonchev–Trinajstić information content (AvgIpc) is 3.08. The topological polar surface area (TPSA) is 59.4 Å². The molecule has 0 unspecified atom stereocenters. The van der Waals surface area contributed by atoms with Crippen molar-refractivity contribution in [1.29, 1.82) is 0 Å². The van der Waals surface area contributed by atoms with Crippen LogP contribution in [0.15, 0.2) is 54.7 Å². The second-order valence-electron chi connectivity index (χ2n) is 6.24.